The number of nitrogens with zero attached hydrogens (tertiary/aromatic N) is 5. The molecule has 0 radical (unpaired) electrons. The summed E-state index contributed by atoms with van der Waals surface area (Å²) in [4.78, 5) is 13.5. The van der Waals surface area contributed by atoms with Gasteiger partial charge in [-0.15, -0.1) is 0 Å². The van der Waals surface area contributed by atoms with Crippen LogP contribution in [0.15, 0.2) is 30.6 Å². The van der Waals surface area contributed by atoms with Crippen molar-refractivity contribution in [3.63, 3.8) is 0 Å². The maximum atomic E-state index is 11.8. The van der Waals surface area contributed by atoms with Crippen LogP contribution in [0.5, 0.6) is 5.75 Å². The zero-order valence-electron chi connectivity index (χ0n) is 21.8. The summed E-state index contributed by atoms with van der Waals surface area (Å²) < 4.78 is 31.5. The average Bonchev–Trinajstić information content (AvgIpc) is 2.90. The Hall–Kier alpha value is -2.71. The lowest BCUT2D eigenvalue weighted by atomic mass is 10.1. The van der Waals surface area contributed by atoms with Crippen molar-refractivity contribution in [3.8, 4) is 17.6 Å². The molecular formula is C27H37N5O4S. The van der Waals surface area contributed by atoms with Crippen LogP contribution in [0, 0.1) is 11.8 Å². The number of ether oxygens (including phenoxy) is 1. The first-order chi connectivity index (χ1) is 17.9. The van der Waals surface area contributed by atoms with E-state index in [4.69, 9.17) is 4.74 Å². The van der Waals surface area contributed by atoms with Crippen molar-refractivity contribution >= 4 is 16.0 Å². The van der Waals surface area contributed by atoms with Crippen molar-refractivity contribution in [3.05, 3.63) is 47.3 Å². The van der Waals surface area contributed by atoms with Gasteiger partial charge in [0.1, 0.15) is 11.9 Å². The summed E-state index contributed by atoms with van der Waals surface area (Å²) in [6, 6.07) is 6.11. The van der Waals surface area contributed by atoms with E-state index in [1.807, 2.05) is 18.5 Å². The molecule has 0 spiro atoms. The number of aliphatic hydroxyl groups excluding tert-OH is 1. The Morgan fingerprint density at radius 2 is 1.76 bits per heavy atom. The third-order valence-electron chi connectivity index (χ3n) is 6.83. The van der Waals surface area contributed by atoms with E-state index in [9.17, 15) is 13.5 Å². The van der Waals surface area contributed by atoms with Gasteiger partial charge in [-0.1, -0.05) is 24.8 Å². The molecule has 0 saturated carbocycles. The van der Waals surface area contributed by atoms with Crippen molar-refractivity contribution in [2.75, 3.05) is 57.0 Å². The summed E-state index contributed by atoms with van der Waals surface area (Å²) in [7, 11) is -3.14. The van der Waals surface area contributed by atoms with Crippen molar-refractivity contribution in [1.29, 1.82) is 0 Å². The van der Waals surface area contributed by atoms with Crippen LogP contribution in [-0.4, -0.2) is 90.9 Å². The van der Waals surface area contributed by atoms with Crippen LogP contribution in [0.25, 0.3) is 0 Å². The number of rotatable bonds is 8. The van der Waals surface area contributed by atoms with Gasteiger partial charge in [0.2, 0.25) is 16.0 Å². The Balaban J connectivity index is 1.38. The summed E-state index contributed by atoms with van der Waals surface area (Å²) in [6.07, 6.45) is 8.22. The highest BCUT2D eigenvalue weighted by Crippen LogP contribution is 2.26. The minimum atomic E-state index is -3.14. The molecule has 200 valence electrons. The van der Waals surface area contributed by atoms with E-state index in [1.165, 1.54) is 10.6 Å². The monoisotopic (exact) mass is 527 g/mol. The minimum Gasteiger partial charge on any atom is -0.489 e. The van der Waals surface area contributed by atoms with Gasteiger partial charge in [-0.25, -0.2) is 18.4 Å². The first-order valence-corrected chi connectivity index (χ1v) is 14.8. The SMILES string of the molecule is CCc1cnc(N2CCC(Oc3ccc(CN4CCN(S(C)(=O)=O)CC4)cc3C#CCCO)CC2)nc1. The molecule has 2 aromatic rings. The Bertz CT molecular complexity index is 1190. The van der Waals surface area contributed by atoms with Crippen molar-refractivity contribution in [2.24, 2.45) is 0 Å². The molecule has 1 N–H and O–H groups in total. The normalized spacial score (nSPS) is 17.9. The first-order valence-electron chi connectivity index (χ1n) is 13.0. The summed E-state index contributed by atoms with van der Waals surface area (Å²) in [6.45, 7) is 6.91. The smallest absolute Gasteiger partial charge is 0.225 e. The molecule has 1 aromatic heterocycles. The van der Waals surface area contributed by atoms with E-state index < -0.39 is 10.0 Å². The number of benzene rings is 1. The molecule has 2 fully saturated rings. The molecule has 0 atom stereocenters. The fraction of sp³-hybridized carbons (Fsp3) is 0.556. The fourth-order valence-corrected chi connectivity index (χ4v) is 5.44. The van der Waals surface area contributed by atoms with Gasteiger partial charge >= 0.3 is 0 Å². The zero-order valence-corrected chi connectivity index (χ0v) is 22.6. The largest absolute Gasteiger partial charge is 0.489 e. The highest BCUT2D eigenvalue weighted by atomic mass is 32.2. The second-order valence-corrected chi connectivity index (χ2v) is 11.6. The molecule has 0 aliphatic carbocycles. The number of anilines is 1. The van der Waals surface area contributed by atoms with Gasteiger partial charge in [0.05, 0.1) is 18.4 Å². The molecule has 10 heteroatoms. The van der Waals surface area contributed by atoms with Crippen LogP contribution in [0.4, 0.5) is 5.95 Å². The Morgan fingerprint density at radius 1 is 1.05 bits per heavy atom. The highest BCUT2D eigenvalue weighted by molar-refractivity contribution is 7.88. The molecule has 37 heavy (non-hydrogen) atoms. The van der Waals surface area contributed by atoms with Crippen molar-refractivity contribution < 1.29 is 18.3 Å². The maximum absolute atomic E-state index is 11.8. The van der Waals surface area contributed by atoms with Crippen LogP contribution >= 0.6 is 0 Å². The molecule has 0 unspecified atom stereocenters. The quantitative estimate of drug-likeness (QED) is 0.520. The van der Waals surface area contributed by atoms with Crippen LogP contribution in [0.1, 0.15) is 42.9 Å². The van der Waals surface area contributed by atoms with E-state index in [-0.39, 0.29) is 12.7 Å². The fourth-order valence-electron chi connectivity index (χ4n) is 4.61. The average molecular weight is 528 g/mol. The lowest BCUT2D eigenvalue weighted by molar-refractivity contribution is 0.169. The minimum absolute atomic E-state index is 0.0211. The number of hydrogen-bond donors (Lipinski definition) is 1. The number of piperidine rings is 1. The summed E-state index contributed by atoms with van der Waals surface area (Å²) in [5.74, 6) is 7.74. The molecular weight excluding hydrogens is 490 g/mol. The predicted octanol–water partition coefficient (Wildman–Crippen LogP) is 1.90. The summed E-state index contributed by atoms with van der Waals surface area (Å²) in [5.41, 5.74) is 3.06. The van der Waals surface area contributed by atoms with E-state index in [2.05, 4.69) is 50.7 Å². The first kappa shape index (κ1) is 27.3. The Labute approximate surface area is 220 Å². The van der Waals surface area contributed by atoms with E-state index in [1.54, 1.807) is 0 Å². The molecule has 4 rings (SSSR count). The Kier molecular flexibility index (Phi) is 9.38. The zero-order chi connectivity index (χ0) is 26.3. The van der Waals surface area contributed by atoms with E-state index >= 15 is 0 Å². The Morgan fingerprint density at radius 3 is 2.38 bits per heavy atom. The summed E-state index contributed by atoms with van der Waals surface area (Å²) >= 11 is 0. The number of aromatic nitrogens is 2. The van der Waals surface area contributed by atoms with Crippen LogP contribution in [0.2, 0.25) is 0 Å². The number of hydrogen-bond acceptors (Lipinski definition) is 8. The van der Waals surface area contributed by atoms with Crippen LogP contribution in [0.3, 0.4) is 0 Å². The maximum Gasteiger partial charge on any atom is 0.225 e. The standard InChI is InChI=1S/C27H37N5O4S/c1-3-22-19-28-27(29-20-22)31-11-9-25(10-12-31)36-26-8-7-23(18-24(26)6-4-5-17-33)21-30-13-15-32(16-14-30)37(2,34)35/h7-8,18-20,25,33H,3,5,9-17,21H2,1-2H3. The number of sulfonamides is 1. The summed E-state index contributed by atoms with van der Waals surface area (Å²) in [5, 5.41) is 9.17. The van der Waals surface area contributed by atoms with Gasteiger partial charge in [0.15, 0.2) is 0 Å². The van der Waals surface area contributed by atoms with E-state index in [0.29, 0.717) is 32.6 Å². The van der Waals surface area contributed by atoms with Gasteiger partial charge in [-0.05, 0) is 29.7 Å². The second kappa shape index (κ2) is 12.7. The number of piperazine rings is 1. The topological polar surface area (TPSA) is 99.1 Å². The second-order valence-electron chi connectivity index (χ2n) is 9.59. The highest BCUT2D eigenvalue weighted by Gasteiger charge is 2.25. The van der Waals surface area contributed by atoms with Crippen LogP contribution in [-0.2, 0) is 23.0 Å². The van der Waals surface area contributed by atoms with Gasteiger partial charge in [0.25, 0.3) is 0 Å². The molecule has 0 amide bonds. The van der Waals surface area contributed by atoms with Gasteiger partial charge < -0.3 is 14.7 Å². The molecule has 2 aliphatic rings. The lowest BCUT2D eigenvalue weighted by Gasteiger charge is -2.33. The molecule has 9 nitrogen and oxygen atoms in total. The van der Waals surface area contributed by atoms with Gasteiger partial charge in [0, 0.05) is 77.5 Å². The molecule has 0 bridgehead atoms. The third kappa shape index (κ3) is 7.65. The van der Waals surface area contributed by atoms with Gasteiger partial charge in [-0.2, -0.15) is 4.31 Å². The van der Waals surface area contributed by atoms with Crippen molar-refractivity contribution in [2.45, 2.75) is 45.3 Å². The van der Waals surface area contributed by atoms with E-state index in [0.717, 1.165) is 67.3 Å². The third-order valence-corrected chi connectivity index (χ3v) is 8.13. The van der Waals surface area contributed by atoms with Gasteiger partial charge in [-0.3, -0.25) is 4.90 Å². The van der Waals surface area contributed by atoms with Crippen LogP contribution < -0.4 is 9.64 Å². The number of aliphatic hydroxyl groups is 1. The molecule has 1 aromatic carbocycles. The molecule has 2 aliphatic heterocycles. The molecule has 2 saturated heterocycles. The number of aryl methyl sites for hydroxylation is 1. The predicted molar refractivity (Wildman–Crippen MR) is 144 cm³/mol. The molecule has 3 heterocycles. The lowest BCUT2D eigenvalue weighted by Crippen LogP contribution is -2.47. The van der Waals surface area contributed by atoms with Crippen molar-refractivity contribution in [1.82, 2.24) is 19.2 Å².